The van der Waals surface area contributed by atoms with Gasteiger partial charge in [0, 0.05) is 9.79 Å². The normalized spacial score (nSPS) is 10.9. The molecule has 2 aromatic rings. The fraction of sp³-hybridized carbons (Fsp3) is 0.300. The van der Waals surface area contributed by atoms with E-state index in [-0.39, 0.29) is 12.5 Å². The summed E-state index contributed by atoms with van der Waals surface area (Å²) in [5.41, 5.74) is 1.30. The first-order chi connectivity index (χ1) is 12.2. The molecule has 0 aliphatic rings. The zero-order valence-electron chi connectivity index (χ0n) is 15.5. The predicted molar refractivity (Wildman–Crippen MR) is 105 cm³/mol. The third kappa shape index (κ3) is 6.80. The van der Waals surface area contributed by atoms with Crippen molar-refractivity contribution < 1.29 is 14.3 Å². The van der Waals surface area contributed by atoms with Crippen molar-refractivity contribution in [2.45, 2.75) is 43.1 Å². The number of carbonyl (C=O) groups excluding carboxylic acids is 2. The Balaban J connectivity index is 1.95. The molecule has 0 saturated heterocycles. The van der Waals surface area contributed by atoms with Crippen molar-refractivity contribution in [1.29, 1.82) is 0 Å². The summed E-state index contributed by atoms with van der Waals surface area (Å²) in [5, 5.41) is 5.28. The average Bonchev–Trinajstić information content (AvgIpc) is 2.55. The van der Waals surface area contributed by atoms with E-state index in [4.69, 9.17) is 4.74 Å². The van der Waals surface area contributed by atoms with E-state index in [0.29, 0.717) is 5.69 Å². The fourth-order valence-electron chi connectivity index (χ4n) is 2.05. The molecule has 0 unspecified atom stereocenters. The SMILES string of the molecule is Cc1ccc(Sc2ccccc2NC(=O)CNC(=O)OC(C)(C)C)cc1. The molecule has 0 aromatic heterocycles. The number of rotatable bonds is 5. The number of hydrogen-bond acceptors (Lipinski definition) is 4. The third-order valence-electron chi connectivity index (χ3n) is 3.20. The van der Waals surface area contributed by atoms with E-state index in [2.05, 4.69) is 10.6 Å². The van der Waals surface area contributed by atoms with Gasteiger partial charge in [0.25, 0.3) is 0 Å². The van der Waals surface area contributed by atoms with E-state index in [0.717, 1.165) is 9.79 Å². The Bertz CT molecular complexity index is 767. The van der Waals surface area contributed by atoms with E-state index in [1.165, 1.54) is 5.56 Å². The number of para-hydroxylation sites is 1. The van der Waals surface area contributed by atoms with Gasteiger partial charge in [-0.3, -0.25) is 4.79 Å². The molecule has 0 spiro atoms. The molecule has 6 heteroatoms. The predicted octanol–water partition coefficient (Wildman–Crippen LogP) is 4.61. The zero-order chi connectivity index (χ0) is 19.2. The van der Waals surface area contributed by atoms with Crippen molar-refractivity contribution in [1.82, 2.24) is 5.32 Å². The van der Waals surface area contributed by atoms with Crippen LogP contribution in [0.5, 0.6) is 0 Å². The van der Waals surface area contributed by atoms with Gasteiger partial charge < -0.3 is 15.4 Å². The number of benzene rings is 2. The van der Waals surface area contributed by atoms with Crippen LogP contribution in [0.4, 0.5) is 10.5 Å². The van der Waals surface area contributed by atoms with Crippen molar-refractivity contribution in [3.05, 3.63) is 54.1 Å². The Morgan fingerprint density at radius 1 is 1.04 bits per heavy atom. The lowest BCUT2D eigenvalue weighted by Gasteiger charge is -2.19. The first kappa shape index (κ1) is 19.8. The molecule has 0 fully saturated rings. The van der Waals surface area contributed by atoms with Crippen molar-refractivity contribution in [2.75, 3.05) is 11.9 Å². The Labute approximate surface area is 158 Å². The number of carbonyl (C=O) groups is 2. The minimum absolute atomic E-state index is 0.154. The summed E-state index contributed by atoms with van der Waals surface area (Å²) in [6, 6.07) is 15.7. The molecule has 0 saturated carbocycles. The summed E-state index contributed by atoms with van der Waals surface area (Å²) >= 11 is 1.57. The van der Waals surface area contributed by atoms with Crippen molar-refractivity contribution in [3.63, 3.8) is 0 Å². The molecule has 2 aromatic carbocycles. The second-order valence-corrected chi connectivity index (χ2v) is 7.93. The molecule has 2 amide bonds. The number of nitrogens with one attached hydrogen (secondary N) is 2. The lowest BCUT2D eigenvalue weighted by molar-refractivity contribution is -0.115. The van der Waals surface area contributed by atoms with E-state index >= 15 is 0 Å². The topological polar surface area (TPSA) is 67.4 Å². The van der Waals surface area contributed by atoms with E-state index in [9.17, 15) is 9.59 Å². The molecule has 138 valence electrons. The summed E-state index contributed by atoms with van der Waals surface area (Å²) in [7, 11) is 0. The van der Waals surface area contributed by atoms with Crippen LogP contribution in [0.2, 0.25) is 0 Å². The number of aryl methyl sites for hydroxylation is 1. The highest BCUT2D eigenvalue weighted by Gasteiger charge is 2.17. The van der Waals surface area contributed by atoms with Crippen LogP contribution in [0.15, 0.2) is 58.3 Å². The molecule has 26 heavy (non-hydrogen) atoms. The number of alkyl carbamates (subject to hydrolysis) is 1. The van der Waals surface area contributed by atoms with Crippen LogP contribution in [-0.4, -0.2) is 24.1 Å². The molecule has 5 nitrogen and oxygen atoms in total. The number of anilines is 1. The van der Waals surface area contributed by atoms with Crippen molar-refractivity contribution in [2.24, 2.45) is 0 Å². The van der Waals surface area contributed by atoms with Crippen LogP contribution in [0.1, 0.15) is 26.3 Å². The lowest BCUT2D eigenvalue weighted by atomic mass is 10.2. The molecule has 2 rings (SSSR count). The molecular weight excluding hydrogens is 348 g/mol. The second kappa shape index (κ2) is 8.76. The zero-order valence-corrected chi connectivity index (χ0v) is 16.3. The van der Waals surface area contributed by atoms with Gasteiger partial charge in [-0.15, -0.1) is 0 Å². The number of amides is 2. The van der Waals surface area contributed by atoms with Gasteiger partial charge in [0.1, 0.15) is 12.1 Å². The van der Waals surface area contributed by atoms with Gasteiger partial charge in [0.2, 0.25) is 5.91 Å². The standard InChI is InChI=1S/C20H24N2O3S/c1-14-9-11-15(12-10-14)26-17-8-6-5-7-16(17)22-18(23)13-21-19(24)25-20(2,3)4/h5-12H,13H2,1-4H3,(H,21,24)(H,22,23). The summed E-state index contributed by atoms with van der Waals surface area (Å²) in [6.45, 7) is 7.19. The van der Waals surface area contributed by atoms with E-state index < -0.39 is 11.7 Å². The fourth-order valence-corrected chi connectivity index (χ4v) is 2.95. The van der Waals surface area contributed by atoms with Gasteiger partial charge in [-0.1, -0.05) is 41.6 Å². The largest absolute Gasteiger partial charge is 0.444 e. The van der Waals surface area contributed by atoms with Crippen LogP contribution < -0.4 is 10.6 Å². The van der Waals surface area contributed by atoms with Gasteiger partial charge >= 0.3 is 6.09 Å². The smallest absolute Gasteiger partial charge is 0.408 e. The van der Waals surface area contributed by atoms with Gasteiger partial charge in [-0.05, 0) is 52.0 Å². The monoisotopic (exact) mass is 372 g/mol. The van der Waals surface area contributed by atoms with E-state index in [1.807, 2.05) is 55.5 Å². The van der Waals surface area contributed by atoms with Gasteiger partial charge in [0.05, 0.1) is 5.69 Å². The molecule has 0 bridgehead atoms. The molecular formula is C20H24N2O3S. The maximum Gasteiger partial charge on any atom is 0.408 e. The molecule has 0 heterocycles. The minimum atomic E-state index is -0.616. The van der Waals surface area contributed by atoms with Crippen LogP contribution in [0.3, 0.4) is 0 Å². The third-order valence-corrected chi connectivity index (χ3v) is 4.29. The molecule has 0 aliphatic carbocycles. The van der Waals surface area contributed by atoms with Crippen LogP contribution >= 0.6 is 11.8 Å². The lowest BCUT2D eigenvalue weighted by Crippen LogP contribution is -2.37. The summed E-state index contributed by atoms with van der Waals surface area (Å²) < 4.78 is 5.12. The van der Waals surface area contributed by atoms with Gasteiger partial charge in [-0.2, -0.15) is 0 Å². The summed E-state index contributed by atoms with van der Waals surface area (Å²) in [5.74, 6) is -0.312. The highest BCUT2D eigenvalue weighted by Crippen LogP contribution is 2.33. The van der Waals surface area contributed by atoms with Crippen molar-refractivity contribution in [3.8, 4) is 0 Å². The molecule has 2 N–H and O–H groups in total. The van der Waals surface area contributed by atoms with Crippen LogP contribution in [0.25, 0.3) is 0 Å². The van der Waals surface area contributed by atoms with Crippen LogP contribution in [-0.2, 0) is 9.53 Å². The Kier molecular flexibility index (Phi) is 6.69. The summed E-state index contributed by atoms with van der Waals surface area (Å²) in [4.78, 5) is 25.8. The minimum Gasteiger partial charge on any atom is -0.444 e. The maximum absolute atomic E-state index is 12.1. The Hall–Kier alpha value is -2.47. The molecule has 0 aliphatic heterocycles. The highest BCUT2D eigenvalue weighted by atomic mass is 32.2. The van der Waals surface area contributed by atoms with Gasteiger partial charge in [-0.25, -0.2) is 4.79 Å². The maximum atomic E-state index is 12.1. The average molecular weight is 372 g/mol. The van der Waals surface area contributed by atoms with Crippen molar-refractivity contribution >= 4 is 29.4 Å². The quantitative estimate of drug-likeness (QED) is 0.804. The first-order valence-electron chi connectivity index (χ1n) is 8.33. The molecule has 0 atom stereocenters. The second-order valence-electron chi connectivity index (χ2n) is 6.81. The first-order valence-corrected chi connectivity index (χ1v) is 9.15. The number of ether oxygens (including phenoxy) is 1. The number of hydrogen-bond donors (Lipinski definition) is 2. The van der Waals surface area contributed by atoms with E-state index in [1.54, 1.807) is 32.5 Å². The van der Waals surface area contributed by atoms with Crippen LogP contribution in [0, 0.1) is 6.92 Å². The Morgan fingerprint density at radius 2 is 1.69 bits per heavy atom. The highest BCUT2D eigenvalue weighted by molar-refractivity contribution is 7.99. The molecule has 0 radical (unpaired) electrons. The Morgan fingerprint density at radius 3 is 2.35 bits per heavy atom. The van der Waals surface area contributed by atoms with Gasteiger partial charge in [0.15, 0.2) is 0 Å². The summed E-state index contributed by atoms with van der Waals surface area (Å²) in [6.07, 6.45) is -0.616.